The van der Waals surface area contributed by atoms with E-state index in [4.69, 9.17) is 0 Å². The molecule has 0 bridgehead atoms. The van der Waals surface area contributed by atoms with Crippen LogP contribution in [0.4, 0.5) is 0 Å². The first-order valence-electron chi connectivity index (χ1n) is 13.1. The summed E-state index contributed by atoms with van der Waals surface area (Å²) in [4.78, 5) is 0. The van der Waals surface area contributed by atoms with Crippen molar-refractivity contribution in [3.8, 4) is 44.5 Å². The Kier molecular flexibility index (Phi) is 5.57. The van der Waals surface area contributed by atoms with Gasteiger partial charge in [-0.25, -0.2) is 0 Å². The molecule has 0 unspecified atom stereocenters. The van der Waals surface area contributed by atoms with Gasteiger partial charge in [0.25, 0.3) is 0 Å². The lowest BCUT2D eigenvalue weighted by Gasteiger charge is -2.20. The van der Waals surface area contributed by atoms with E-state index in [9.17, 15) is 0 Å². The molecule has 0 spiro atoms. The molecule has 0 heterocycles. The lowest BCUT2D eigenvalue weighted by atomic mass is 9.83. The lowest BCUT2D eigenvalue weighted by Crippen LogP contribution is -1.92. The van der Waals surface area contributed by atoms with E-state index in [0.29, 0.717) is 0 Å². The van der Waals surface area contributed by atoms with Gasteiger partial charge in [-0.15, -0.1) is 0 Å². The Bertz CT molecular complexity index is 1840. The molecule has 0 saturated carbocycles. The maximum atomic E-state index is 2.33. The number of hydrogen-bond donors (Lipinski definition) is 0. The first kappa shape index (κ1) is 22.3. The van der Waals surface area contributed by atoms with Crippen molar-refractivity contribution >= 4 is 21.5 Å². The van der Waals surface area contributed by atoms with E-state index in [1.165, 1.54) is 66.1 Å². The van der Waals surface area contributed by atoms with Gasteiger partial charge in [-0.2, -0.15) is 0 Å². The van der Waals surface area contributed by atoms with Crippen LogP contribution in [0.15, 0.2) is 158 Å². The number of rotatable bonds is 4. The second-order valence-corrected chi connectivity index (χ2v) is 9.70. The third-order valence-corrected chi connectivity index (χ3v) is 7.47. The first-order valence-corrected chi connectivity index (χ1v) is 13.1. The second kappa shape index (κ2) is 9.50. The van der Waals surface area contributed by atoms with Crippen LogP contribution in [0.2, 0.25) is 0 Å². The standard InChI is InChI=1S/C38H26/c1-3-14-27(15-4-1)29-18-13-19-30(26-29)37-33-22-9-11-24-35(33)38(36-25-12-10-23-34(36)37)32-21-8-7-20-31(32)28-16-5-2-6-17-28/h1-26H. The molecule has 0 atom stereocenters. The van der Waals surface area contributed by atoms with E-state index in [0.717, 1.165) is 0 Å². The van der Waals surface area contributed by atoms with E-state index in [2.05, 4.69) is 158 Å². The van der Waals surface area contributed by atoms with Crippen LogP contribution < -0.4 is 0 Å². The highest BCUT2D eigenvalue weighted by Crippen LogP contribution is 2.46. The van der Waals surface area contributed by atoms with E-state index in [1.807, 2.05) is 0 Å². The average molecular weight is 483 g/mol. The first-order chi connectivity index (χ1) is 18.9. The monoisotopic (exact) mass is 482 g/mol. The molecule has 7 aromatic carbocycles. The minimum Gasteiger partial charge on any atom is -0.0622 e. The molecule has 7 aromatic rings. The molecule has 0 saturated heterocycles. The van der Waals surface area contributed by atoms with Crippen molar-refractivity contribution in [3.05, 3.63) is 158 Å². The summed E-state index contributed by atoms with van der Waals surface area (Å²) in [5, 5.41) is 5.09. The highest BCUT2D eigenvalue weighted by Gasteiger charge is 2.18. The molecule has 0 N–H and O–H groups in total. The maximum absolute atomic E-state index is 2.33. The zero-order chi connectivity index (χ0) is 25.3. The molecule has 38 heavy (non-hydrogen) atoms. The molecule has 0 fully saturated rings. The van der Waals surface area contributed by atoms with Crippen molar-refractivity contribution in [2.24, 2.45) is 0 Å². The Hall–Kier alpha value is -4.94. The number of hydrogen-bond acceptors (Lipinski definition) is 0. The smallest absolute Gasteiger partial charge is 0.00201 e. The molecular weight excluding hydrogens is 456 g/mol. The maximum Gasteiger partial charge on any atom is -0.00201 e. The van der Waals surface area contributed by atoms with Crippen molar-refractivity contribution in [2.75, 3.05) is 0 Å². The fraction of sp³-hybridized carbons (Fsp3) is 0. The minimum atomic E-state index is 1.23. The van der Waals surface area contributed by atoms with Crippen molar-refractivity contribution in [1.82, 2.24) is 0 Å². The van der Waals surface area contributed by atoms with Crippen LogP contribution in [0.3, 0.4) is 0 Å². The van der Waals surface area contributed by atoms with E-state index >= 15 is 0 Å². The molecule has 0 aliphatic carbocycles. The normalized spacial score (nSPS) is 11.2. The highest BCUT2D eigenvalue weighted by molar-refractivity contribution is 6.22. The SMILES string of the molecule is c1ccc(-c2cccc(-c3c4ccccc4c(-c4ccccc4-c4ccccc4)c4ccccc34)c2)cc1. The van der Waals surface area contributed by atoms with E-state index in [-0.39, 0.29) is 0 Å². The molecule has 0 nitrogen and oxygen atoms in total. The molecular formula is C38H26. The molecule has 7 rings (SSSR count). The molecule has 0 aromatic heterocycles. The highest BCUT2D eigenvalue weighted by atomic mass is 14.2. The van der Waals surface area contributed by atoms with Crippen molar-refractivity contribution in [3.63, 3.8) is 0 Å². The Morgan fingerprint density at radius 1 is 0.237 bits per heavy atom. The van der Waals surface area contributed by atoms with Crippen LogP contribution in [-0.2, 0) is 0 Å². The number of benzene rings is 7. The lowest BCUT2D eigenvalue weighted by molar-refractivity contribution is 1.60. The van der Waals surface area contributed by atoms with Crippen LogP contribution >= 0.6 is 0 Å². The van der Waals surface area contributed by atoms with Gasteiger partial charge in [-0.1, -0.05) is 152 Å². The van der Waals surface area contributed by atoms with Crippen molar-refractivity contribution in [1.29, 1.82) is 0 Å². The Balaban J connectivity index is 1.56. The predicted octanol–water partition coefficient (Wildman–Crippen LogP) is 10.7. The topological polar surface area (TPSA) is 0 Å². The van der Waals surface area contributed by atoms with Crippen LogP contribution in [0.1, 0.15) is 0 Å². The molecule has 0 heteroatoms. The average Bonchev–Trinajstić information content (AvgIpc) is 3.01. The molecule has 178 valence electrons. The Morgan fingerprint density at radius 2 is 0.658 bits per heavy atom. The van der Waals surface area contributed by atoms with Crippen LogP contribution in [0.5, 0.6) is 0 Å². The molecule has 0 aliphatic heterocycles. The molecule has 0 amide bonds. The fourth-order valence-electron chi connectivity index (χ4n) is 5.79. The molecule has 0 radical (unpaired) electrons. The van der Waals surface area contributed by atoms with Gasteiger partial charge >= 0.3 is 0 Å². The van der Waals surface area contributed by atoms with Gasteiger partial charge < -0.3 is 0 Å². The minimum absolute atomic E-state index is 1.23. The Morgan fingerprint density at radius 3 is 1.26 bits per heavy atom. The van der Waals surface area contributed by atoms with Gasteiger partial charge in [0.2, 0.25) is 0 Å². The van der Waals surface area contributed by atoms with Crippen LogP contribution in [0, 0.1) is 0 Å². The third kappa shape index (κ3) is 3.79. The van der Waals surface area contributed by atoms with Crippen LogP contribution in [0.25, 0.3) is 66.1 Å². The number of fused-ring (bicyclic) bond motifs is 2. The Labute approximate surface area is 223 Å². The zero-order valence-electron chi connectivity index (χ0n) is 21.0. The zero-order valence-corrected chi connectivity index (χ0v) is 21.0. The summed E-state index contributed by atoms with van der Waals surface area (Å²) in [5.74, 6) is 0. The van der Waals surface area contributed by atoms with E-state index in [1.54, 1.807) is 0 Å². The van der Waals surface area contributed by atoms with Crippen molar-refractivity contribution in [2.45, 2.75) is 0 Å². The fourth-order valence-corrected chi connectivity index (χ4v) is 5.79. The second-order valence-electron chi connectivity index (χ2n) is 9.70. The summed E-state index contributed by atoms with van der Waals surface area (Å²) in [6.07, 6.45) is 0. The van der Waals surface area contributed by atoms with Crippen LogP contribution in [-0.4, -0.2) is 0 Å². The van der Waals surface area contributed by atoms with Crippen molar-refractivity contribution < 1.29 is 0 Å². The summed E-state index contributed by atoms with van der Waals surface area (Å²) >= 11 is 0. The van der Waals surface area contributed by atoms with Gasteiger partial charge in [0.15, 0.2) is 0 Å². The van der Waals surface area contributed by atoms with Gasteiger partial charge in [-0.3, -0.25) is 0 Å². The van der Waals surface area contributed by atoms with Gasteiger partial charge in [0.05, 0.1) is 0 Å². The predicted molar refractivity (Wildman–Crippen MR) is 163 cm³/mol. The third-order valence-electron chi connectivity index (χ3n) is 7.47. The largest absolute Gasteiger partial charge is 0.0622 e. The summed E-state index contributed by atoms with van der Waals surface area (Å²) in [6, 6.07) is 56.9. The summed E-state index contributed by atoms with van der Waals surface area (Å²) in [7, 11) is 0. The summed E-state index contributed by atoms with van der Waals surface area (Å²) in [6.45, 7) is 0. The summed E-state index contributed by atoms with van der Waals surface area (Å²) in [5.41, 5.74) is 10.0. The van der Waals surface area contributed by atoms with E-state index < -0.39 is 0 Å². The quantitative estimate of drug-likeness (QED) is 0.219. The molecule has 0 aliphatic rings. The summed E-state index contributed by atoms with van der Waals surface area (Å²) < 4.78 is 0. The van der Waals surface area contributed by atoms with Gasteiger partial charge in [0.1, 0.15) is 0 Å². The van der Waals surface area contributed by atoms with Gasteiger partial charge in [-0.05, 0) is 72.1 Å². The van der Waals surface area contributed by atoms with Gasteiger partial charge in [0, 0.05) is 0 Å².